The molecule has 1 aromatic carbocycles. The van der Waals surface area contributed by atoms with Crippen LogP contribution in [0.2, 0.25) is 0 Å². The lowest BCUT2D eigenvalue weighted by molar-refractivity contribution is -0.131. The molecule has 1 atom stereocenters. The van der Waals surface area contributed by atoms with Crippen LogP contribution in [0.3, 0.4) is 0 Å². The molecular weight excluding hydrogens is 348 g/mol. The molecule has 2 fully saturated rings. The molecule has 1 heterocycles. The van der Waals surface area contributed by atoms with Crippen molar-refractivity contribution in [3.8, 4) is 0 Å². The van der Waals surface area contributed by atoms with Crippen LogP contribution in [0.1, 0.15) is 36.8 Å². The molecule has 22 heavy (non-hydrogen) atoms. The summed E-state index contributed by atoms with van der Waals surface area (Å²) in [7, 11) is 0. The van der Waals surface area contributed by atoms with Crippen molar-refractivity contribution >= 4 is 27.9 Å². The van der Waals surface area contributed by atoms with Crippen molar-refractivity contribution in [2.24, 2.45) is 5.41 Å². The molecule has 4 rings (SSSR count). The maximum absolute atomic E-state index is 12.8. The van der Waals surface area contributed by atoms with E-state index in [2.05, 4.69) is 26.6 Å². The topological polar surface area (TPSA) is 78.4 Å². The number of carbonyl (C=O) groups excluding carboxylic acids is 2. The maximum atomic E-state index is 12.8. The van der Waals surface area contributed by atoms with Gasteiger partial charge in [-0.3, -0.25) is 10.1 Å². The van der Waals surface area contributed by atoms with Crippen molar-refractivity contribution in [1.82, 2.24) is 10.6 Å². The zero-order valence-corrected chi connectivity index (χ0v) is 13.6. The average molecular weight is 365 g/mol. The van der Waals surface area contributed by atoms with Gasteiger partial charge in [0.05, 0.1) is 6.10 Å². The number of urea groups is 1. The molecule has 2 spiro atoms. The van der Waals surface area contributed by atoms with Crippen LogP contribution in [0.25, 0.3) is 0 Å². The number of benzene rings is 1. The number of fused-ring (bicyclic) bond motifs is 3. The molecule has 1 unspecified atom stereocenters. The Balaban J connectivity index is 1.91. The minimum Gasteiger partial charge on any atom is -0.393 e. The average Bonchev–Trinajstić information content (AvgIpc) is 2.92. The lowest BCUT2D eigenvalue weighted by atomic mass is 9.61. The summed E-state index contributed by atoms with van der Waals surface area (Å²) in [5.41, 5.74) is 0.660. The van der Waals surface area contributed by atoms with Crippen molar-refractivity contribution in [3.63, 3.8) is 0 Å². The van der Waals surface area contributed by atoms with E-state index in [1.807, 2.05) is 18.2 Å². The molecule has 0 bridgehead atoms. The predicted octanol–water partition coefficient (Wildman–Crippen LogP) is 1.96. The second-order valence-electron chi connectivity index (χ2n) is 6.65. The third-order valence-corrected chi connectivity index (χ3v) is 6.07. The summed E-state index contributed by atoms with van der Waals surface area (Å²) in [6.07, 6.45) is 3.25. The molecule has 6 heteroatoms. The number of hydrogen-bond acceptors (Lipinski definition) is 3. The molecule has 5 nitrogen and oxygen atoms in total. The van der Waals surface area contributed by atoms with Crippen LogP contribution in [0.4, 0.5) is 4.79 Å². The van der Waals surface area contributed by atoms with Crippen molar-refractivity contribution in [2.75, 3.05) is 0 Å². The van der Waals surface area contributed by atoms with E-state index < -0.39 is 11.6 Å². The number of carbonyl (C=O) groups is 2. The zero-order valence-electron chi connectivity index (χ0n) is 12.0. The highest BCUT2D eigenvalue weighted by molar-refractivity contribution is 9.10. The number of hydrogen-bond donors (Lipinski definition) is 3. The molecule has 1 saturated heterocycles. The fourth-order valence-electron chi connectivity index (χ4n) is 4.56. The van der Waals surface area contributed by atoms with Gasteiger partial charge in [0.1, 0.15) is 0 Å². The van der Waals surface area contributed by atoms with Crippen molar-refractivity contribution < 1.29 is 14.7 Å². The summed E-state index contributed by atoms with van der Waals surface area (Å²) in [6.45, 7) is 0. The predicted molar refractivity (Wildman–Crippen MR) is 83.1 cm³/mol. The molecular formula is C16H17BrN2O3. The third kappa shape index (κ3) is 1.68. The van der Waals surface area contributed by atoms with Gasteiger partial charge in [-0.2, -0.15) is 0 Å². The highest BCUT2D eigenvalue weighted by Gasteiger charge is 2.65. The Kier molecular flexibility index (Phi) is 2.94. The van der Waals surface area contributed by atoms with Crippen LogP contribution >= 0.6 is 15.9 Å². The first-order chi connectivity index (χ1) is 10.5. The Morgan fingerprint density at radius 2 is 1.95 bits per heavy atom. The van der Waals surface area contributed by atoms with Gasteiger partial charge in [0.25, 0.3) is 5.91 Å². The molecule has 1 saturated carbocycles. The number of rotatable bonds is 0. The summed E-state index contributed by atoms with van der Waals surface area (Å²) < 4.78 is 0.896. The SMILES string of the molecule is O=C1NC(=O)C2(N1)c1cc(Br)ccc1CC21CCC(O)CC1. The van der Waals surface area contributed by atoms with Gasteiger partial charge in [-0.25, -0.2) is 4.79 Å². The van der Waals surface area contributed by atoms with Crippen LogP contribution in [0.5, 0.6) is 0 Å². The largest absolute Gasteiger partial charge is 0.393 e. The first kappa shape index (κ1) is 14.2. The summed E-state index contributed by atoms with van der Waals surface area (Å²) in [5, 5.41) is 15.2. The third-order valence-electron chi connectivity index (χ3n) is 5.58. The summed E-state index contributed by atoms with van der Waals surface area (Å²) in [6, 6.07) is 5.51. The quantitative estimate of drug-likeness (QED) is 0.615. The molecule has 3 N–H and O–H groups in total. The van der Waals surface area contributed by atoms with Crippen LogP contribution < -0.4 is 10.6 Å². The van der Waals surface area contributed by atoms with Gasteiger partial charge < -0.3 is 10.4 Å². The normalized spacial score (nSPS) is 36.5. The second-order valence-corrected chi connectivity index (χ2v) is 7.56. The van der Waals surface area contributed by atoms with Gasteiger partial charge in [0, 0.05) is 9.89 Å². The monoisotopic (exact) mass is 364 g/mol. The number of aliphatic hydroxyl groups excluding tert-OH is 1. The Bertz CT molecular complexity index is 682. The fraction of sp³-hybridized carbons (Fsp3) is 0.500. The Morgan fingerprint density at radius 1 is 1.23 bits per heavy atom. The number of imide groups is 1. The summed E-state index contributed by atoms with van der Waals surface area (Å²) >= 11 is 3.47. The molecule has 1 aromatic rings. The van der Waals surface area contributed by atoms with Gasteiger partial charge in [0.2, 0.25) is 0 Å². The van der Waals surface area contributed by atoms with E-state index >= 15 is 0 Å². The van der Waals surface area contributed by atoms with Crippen LogP contribution in [-0.2, 0) is 16.8 Å². The van der Waals surface area contributed by atoms with E-state index in [9.17, 15) is 14.7 Å². The number of nitrogens with one attached hydrogen (secondary N) is 2. The number of amides is 3. The van der Waals surface area contributed by atoms with Crippen LogP contribution in [-0.4, -0.2) is 23.1 Å². The summed E-state index contributed by atoms with van der Waals surface area (Å²) in [5.74, 6) is -0.259. The van der Waals surface area contributed by atoms with Gasteiger partial charge in [-0.05, 0) is 55.4 Å². The van der Waals surface area contributed by atoms with Crippen molar-refractivity contribution in [1.29, 1.82) is 0 Å². The van der Waals surface area contributed by atoms with Gasteiger partial charge >= 0.3 is 6.03 Å². The Labute approximate surface area is 136 Å². The molecule has 3 amide bonds. The van der Waals surface area contributed by atoms with E-state index in [-0.39, 0.29) is 17.4 Å². The van der Waals surface area contributed by atoms with Gasteiger partial charge in [-0.15, -0.1) is 0 Å². The first-order valence-corrected chi connectivity index (χ1v) is 8.37. The number of aliphatic hydroxyl groups is 1. The molecule has 0 aromatic heterocycles. The van der Waals surface area contributed by atoms with E-state index in [0.29, 0.717) is 12.8 Å². The second kappa shape index (κ2) is 4.55. The van der Waals surface area contributed by atoms with E-state index in [1.165, 1.54) is 0 Å². The molecule has 116 valence electrons. The van der Waals surface area contributed by atoms with Crippen LogP contribution in [0.15, 0.2) is 22.7 Å². The highest BCUT2D eigenvalue weighted by atomic mass is 79.9. The molecule has 2 aliphatic carbocycles. The standard InChI is InChI=1S/C16H17BrN2O3/c17-10-2-1-9-8-15(5-3-11(20)4-6-15)16(12(9)7-10)13(21)18-14(22)19-16/h1-2,7,11,20H,3-6,8H2,(H2,18,19,21,22). The Hall–Kier alpha value is -1.40. The van der Waals surface area contributed by atoms with Gasteiger partial charge in [0.15, 0.2) is 5.54 Å². The van der Waals surface area contributed by atoms with Gasteiger partial charge in [-0.1, -0.05) is 22.0 Å². The van der Waals surface area contributed by atoms with E-state index in [0.717, 1.165) is 34.9 Å². The van der Waals surface area contributed by atoms with Crippen molar-refractivity contribution in [3.05, 3.63) is 33.8 Å². The first-order valence-electron chi connectivity index (χ1n) is 7.57. The number of halogens is 1. The zero-order chi connectivity index (χ0) is 15.5. The van der Waals surface area contributed by atoms with Crippen molar-refractivity contribution in [2.45, 2.75) is 43.7 Å². The lowest BCUT2D eigenvalue weighted by Gasteiger charge is -2.45. The highest BCUT2D eigenvalue weighted by Crippen LogP contribution is 2.58. The van der Waals surface area contributed by atoms with E-state index in [4.69, 9.17) is 0 Å². The molecule has 3 aliphatic rings. The maximum Gasteiger partial charge on any atom is 0.322 e. The molecule has 1 aliphatic heterocycles. The van der Waals surface area contributed by atoms with Crippen LogP contribution in [0, 0.1) is 5.41 Å². The fourth-order valence-corrected chi connectivity index (χ4v) is 4.92. The Morgan fingerprint density at radius 3 is 2.59 bits per heavy atom. The smallest absolute Gasteiger partial charge is 0.322 e. The summed E-state index contributed by atoms with van der Waals surface area (Å²) in [4.78, 5) is 24.7. The van der Waals surface area contributed by atoms with E-state index in [1.54, 1.807) is 0 Å². The molecule has 0 radical (unpaired) electrons. The minimum absolute atomic E-state index is 0.259. The minimum atomic E-state index is -0.997. The lowest BCUT2D eigenvalue weighted by Crippen LogP contribution is -2.56.